The van der Waals surface area contributed by atoms with Crippen molar-refractivity contribution in [3.05, 3.63) is 76.3 Å². The van der Waals surface area contributed by atoms with Gasteiger partial charge in [0, 0.05) is 31.2 Å². The number of carbonyl (C=O) groups excluding carboxylic acids is 4. The maximum atomic E-state index is 13.5. The van der Waals surface area contributed by atoms with Gasteiger partial charge in [-0.15, -0.1) is 11.6 Å². The molecule has 12 heteroatoms. The van der Waals surface area contributed by atoms with Gasteiger partial charge < -0.3 is 29.6 Å². The van der Waals surface area contributed by atoms with Crippen molar-refractivity contribution in [1.29, 1.82) is 0 Å². The zero-order chi connectivity index (χ0) is 35.0. The van der Waals surface area contributed by atoms with Gasteiger partial charge in [0.25, 0.3) is 0 Å². The number of rotatable bonds is 9. The van der Waals surface area contributed by atoms with Crippen molar-refractivity contribution in [3.8, 4) is 5.75 Å². The zero-order valence-electron chi connectivity index (χ0n) is 27.9. The van der Waals surface area contributed by atoms with Gasteiger partial charge in [0.1, 0.15) is 24.0 Å². The van der Waals surface area contributed by atoms with Crippen LogP contribution in [0.15, 0.2) is 54.6 Å². The molecule has 2 aromatic rings. The van der Waals surface area contributed by atoms with Crippen LogP contribution in [0.4, 0.5) is 0 Å². The number of carbonyl (C=O) groups is 4. The first-order chi connectivity index (χ1) is 22.9. The highest BCUT2D eigenvalue weighted by molar-refractivity contribution is 6.32. The number of methoxy groups -OCH3 is 1. The number of nitrogens with one attached hydrogen (secondary N) is 2. The Labute approximate surface area is 291 Å². The van der Waals surface area contributed by atoms with Crippen LogP contribution in [0.1, 0.15) is 63.3 Å². The molecule has 0 aromatic heterocycles. The molecule has 1 fully saturated rings. The van der Waals surface area contributed by atoms with Crippen LogP contribution < -0.4 is 15.4 Å². The van der Waals surface area contributed by atoms with Gasteiger partial charge in [0.2, 0.25) is 11.8 Å². The lowest BCUT2D eigenvalue weighted by Gasteiger charge is -2.27. The fraction of sp³-hybridized carbons (Fsp3) is 0.500. The largest absolute Gasteiger partial charge is 0.495 e. The molecule has 0 bridgehead atoms. The molecule has 2 heterocycles. The molecule has 2 aliphatic rings. The first-order valence-electron chi connectivity index (χ1n) is 16.2. The summed E-state index contributed by atoms with van der Waals surface area (Å²) >= 11 is 12.2. The fourth-order valence-electron chi connectivity index (χ4n) is 5.54. The van der Waals surface area contributed by atoms with Crippen LogP contribution in [0.3, 0.4) is 0 Å². The molecule has 260 valence electrons. The van der Waals surface area contributed by atoms with E-state index in [2.05, 4.69) is 10.6 Å². The number of halogens is 2. The molecular formula is C36H44Cl2N2O8. The van der Waals surface area contributed by atoms with Crippen LogP contribution in [0, 0.1) is 17.8 Å². The molecule has 0 spiro atoms. The van der Waals surface area contributed by atoms with Crippen LogP contribution in [0.25, 0.3) is 0 Å². The molecular weight excluding hydrogens is 659 g/mol. The Balaban J connectivity index is 1.58. The lowest BCUT2D eigenvalue weighted by molar-refractivity contribution is -0.176. The number of ether oxygens (including phenoxy) is 4. The average molecular weight is 704 g/mol. The standard InChI is InChI=1S/C36H44Cl2N2O8/c1-20(2)15-30-36(44)46-28(22(4)32-33(48-32)25-12-9-23(18-37)10-13-25)7-6-8-31(41)40-27(34(42)39-19-21(3)35(43)47-30)17-24-11-14-29(45-5)26(38)16-24/h6,8-14,16,20-22,27-28,30,32-33H,7,15,17-19H2,1-5H3,(H,39,42)(H,40,41)/b8-6+/t21-,22+,27-,28+,30+,32-,33-/m1/s1. The van der Waals surface area contributed by atoms with Gasteiger partial charge in [-0.05, 0) is 47.2 Å². The molecule has 0 unspecified atom stereocenters. The molecule has 2 aliphatic heterocycles. The van der Waals surface area contributed by atoms with Crippen LogP contribution in [-0.4, -0.2) is 61.8 Å². The molecule has 4 rings (SSSR count). The number of hydrogen-bond acceptors (Lipinski definition) is 8. The van der Waals surface area contributed by atoms with Crippen molar-refractivity contribution in [2.24, 2.45) is 17.8 Å². The molecule has 0 radical (unpaired) electrons. The van der Waals surface area contributed by atoms with E-state index in [1.165, 1.54) is 13.2 Å². The maximum Gasteiger partial charge on any atom is 0.347 e. The molecule has 0 aliphatic carbocycles. The summed E-state index contributed by atoms with van der Waals surface area (Å²) in [7, 11) is 1.50. The first-order valence-corrected chi connectivity index (χ1v) is 17.1. The van der Waals surface area contributed by atoms with Gasteiger partial charge in [0.15, 0.2) is 6.10 Å². The van der Waals surface area contributed by atoms with E-state index >= 15 is 0 Å². The molecule has 1 saturated heterocycles. The summed E-state index contributed by atoms with van der Waals surface area (Å²) in [6.45, 7) is 7.28. The summed E-state index contributed by atoms with van der Waals surface area (Å²) in [5, 5.41) is 5.85. The van der Waals surface area contributed by atoms with E-state index < -0.39 is 47.9 Å². The Morgan fingerprint density at radius 1 is 0.979 bits per heavy atom. The third kappa shape index (κ3) is 10.2. The van der Waals surface area contributed by atoms with Crippen molar-refractivity contribution in [1.82, 2.24) is 10.6 Å². The van der Waals surface area contributed by atoms with Crippen LogP contribution >= 0.6 is 23.2 Å². The normalized spacial score (nSPS) is 26.9. The van der Waals surface area contributed by atoms with Gasteiger partial charge >= 0.3 is 11.9 Å². The van der Waals surface area contributed by atoms with Gasteiger partial charge in [-0.3, -0.25) is 14.4 Å². The SMILES string of the molecule is COc1ccc(C[C@H]2NC(=O)/C=C/C[C@@H]([C@H](C)[C@H]3O[C@@H]3c3ccc(CCl)cc3)OC(=O)[C@H](CC(C)C)OC(=O)[C@H](C)CNC2=O)cc1Cl. The highest BCUT2D eigenvalue weighted by atomic mass is 35.5. The summed E-state index contributed by atoms with van der Waals surface area (Å²) in [6.07, 6.45) is 1.23. The number of esters is 2. The zero-order valence-corrected chi connectivity index (χ0v) is 29.4. The minimum atomic E-state index is -1.14. The smallest absolute Gasteiger partial charge is 0.347 e. The second-order valence-electron chi connectivity index (χ2n) is 12.8. The van der Waals surface area contributed by atoms with E-state index in [0.717, 1.165) is 11.1 Å². The van der Waals surface area contributed by atoms with Crippen LogP contribution in [-0.2, 0) is 45.7 Å². The highest BCUT2D eigenvalue weighted by Gasteiger charge is 2.47. The Hall–Kier alpha value is -3.60. The summed E-state index contributed by atoms with van der Waals surface area (Å²) in [4.78, 5) is 53.1. The van der Waals surface area contributed by atoms with E-state index in [9.17, 15) is 19.2 Å². The molecule has 7 atom stereocenters. The summed E-state index contributed by atoms with van der Waals surface area (Å²) in [5.74, 6) is -2.46. The van der Waals surface area contributed by atoms with E-state index in [4.69, 9.17) is 42.1 Å². The lowest BCUT2D eigenvalue weighted by Crippen LogP contribution is -2.49. The van der Waals surface area contributed by atoms with Crippen molar-refractivity contribution in [2.75, 3.05) is 13.7 Å². The van der Waals surface area contributed by atoms with Crippen LogP contribution in [0.2, 0.25) is 5.02 Å². The quantitative estimate of drug-likeness (QED) is 0.200. The van der Waals surface area contributed by atoms with Crippen LogP contribution in [0.5, 0.6) is 5.75 Å². The molecule has 2 amide bonds. The Morgan fingerprint density at radius 2 is 1.69 bits per heavy atom. The number of benzene rings is 2. The fourth-order valence-corrected chi connectivity index (χ4v) is 6.00. The van der Waals surface area contributed by atoms with Gasteiger partial charge in [-0.1, -0.05) is 75.7 Å². The van der Waals surface area contributed by atoms with Gasteiger partial charge in [-0.2, -0.15) is 0 Å². The van der Waals surface area contributed by atoms with Gasteiger partial charge in [-0.25, -0.2) is 4.79 Å². The molecule has 10 nitrogen and oxygen atoms in total. The molecule has 0 saturated carbocycles. The predicted molar refractivity (Wildman–Crippen MR) is 182 cm³/mol. The minimum absolute atomic E-state index is 0.0229. The maximum absolute atomic E-state index is 13.5. The molecule has 2 N–H and O–H groups in total. The number of epoxide rings is 1. The summed E-state index contributed by atoms with van der Waals surface area (Å²) in [5.41, 5.74) is 2.67. The molecule has 48 heavy (non-hydrogen) atoms. The van der Waals surface area contributed by atoms with E-state index in [1.54, 1.807) is 31.2 Å². The van der Waals surface area contributed by atoms with E-state index in [1.807, 2.05) is 45.0 Å². The number of hydrogen-bond donors (Lipinski definition) is 2. The van der Waals surface area contributed by atoms with E-state index in [-0.39, 0.29) is 49.9 Å². The minimum Gasteiger partial charge on any atom is -0.495 e. The number of amides is 2. The first kappa shape index (κ1) is 37.2. The summed E-state index contributed by atoms with van der Waals surface area (Å²) in [6, 6.07) is 12.0. The Bertz CT molecular complexity index is 1480. The highest BCUT2D eigenvalue weighted by Crippen LogP contribution is 2.45. The van der Waals surface area contributed by atoms with E-state index in [0.29, 0.717) is 22.2 Å². The van der Waals surface area contributed by atoms with Crippen molar-refractivity contribution >= 4 is 47.0 Å². The topological polar surface area (TPSA) is 133 Å². The second kappa shape index (κ2) is 17.2. The van der Waals surface area contributed by atoms with Gasteiger partial charge in [0.05, 0.1) is 24.2 Å². The molecule has 2 aromatic carbocycles. The summed E-state index contributed by atoms with van der Waals surface area (Å²) < 4.78 is 23.0. The lowest BCUT2D eigenvalue weighted by atomic mass is 9.93. The third-order valence-corrected chi connectivity index (χ3v) is 9.08. The van der Waals surface area contributed by atoms with Crippen molar-refractivity contribution in [3.63, 3.8) is 0 Å². The van der Waals surface area contributed by atoms with Crippen molar-refractivity contribution in [2.45, 2.75) is 83.3 Å². The number of cyclic esters (lactones) is 2. The monoisotopic (exact) mass is 702 g/mol. The predicted octanol–water partition coefficient (Wildman–Crippen LogP) is 5.47. The Kier molecular flexibility index (Phi) is 13.3. The number of alkyl halides is 1. The van der Waals surface area contributed by atoms with Crippen molar-refractivity contribution < 1.29 is 38.1 Å². The average Bonchev–Trinajstić information content (AvgIpc) is 3.86. The Morgan fingerprint density at radius 3 is 2.33 bits per heavy atom. The second-order valence-corrected chi connectivity index (χ2v) is 13.5. The third-order valence-electron chi connectivity index (χ3n) is 8.48.